The van der Waals surface area contributed by atoms with Gasteiger partial charge in [-0.2, -0.15) is 0 Å². The zero-order valence-electron chi connectivity index (χ0n) is 14.3. The molecule has 126 valence electrons. The van der Waals surface area contributed by atoms with Crippen LogP contribution in [0.3, 0.4) is 0 Å². The van der Waals surface area contributed by atoms with Gasteiger partial charge in [-0.25, -0.2) is 4.79 Å². The summed E-state index contributed by atoms with van der Waals surface area (Å²) in [4.78, 5) is 16.8. The number of hydrogen-bond donors (Lipinski definition) is 2. The van der Waals surface area contributed by atoms with Crippen LogP contribution in [-0.2, 0) is 0 Å². The van der Waals surface area contributed by atoms with Crippen molar-refractivity contribution in [2.45, 2.75) is 32.7 Å². The largest absolute Gasteiger partial charge is 0.368 e. The molecule has 2 aliphatic rings. The highest BCUT2D eigenvalue weighted by atomic mass is 16.2. The number of nitrogens with one attached hydrogen (secondary N) is 1. The van der Waals surface area contributed by atoms with Crippen molar-refractivity contribution in [2.75, 3.05) is 44.2 Å². The zero-order valence-corrected chi connectivity index (χ0v) is 14.3. The van der Waals surface area contributed by atoms with Crippen LogP contribution in [0.15, 0.2) is 18.2 Å². The SMILES string of the molecule is Cc1ccc(N2CCN(C(=O)NC3CC[NH2+]CC3)CC2)c(C)c1. The first-order valence-corrected chi connectivity index (χ1v) is 8.83. The maximum absolute atomic E-state index is 12.4. The van der Waals surface area contributed by atoms with Crippen LogP contribution >= 0.6 is 0 Å². The molecule has 3 N–H and O–H groups in total. The van der Waals surface area contributed by atoms with Crippen molar-refractivity contribution < 1.29 is 10.1 Å². The van der Waals surface area contributed by atoms with Crippen LogP contribution in [-0.4, -0.2) is 56.2 Å². The van der Waals surface area contributed by atoms with E-state index in [2.05, 4.69) is 47.6 Å². The average Bonchev–Trinajstić information content (AvgIpc) is 2.56. The Morgan fingerprint density at radius 3 is 2.48 bits per heavy atom. The van der Waals surface area contributed by atoms with Gasteiger partial charge in [0.25, 0.3) is 0 Å². The maximum atomic E-state index is 12.4. The number of piperazine rings is 1. The summed E-state index contributed by atoms with van der Waals surface area (Å²) in [7, 11) is 0. The van der Waals surface area contributed by atoms with Gasteiger partial charge in [0, 0.05) is 50.7 Å². The molecule has 1 aromatic rings. The number of nitrogens with two attached hydrogens (primary N) is 1. The Kier molecular flexibility index (Phi) is 5.06. The number of amides is 2. The molecular formula is C18H29N4O+. The van der Waals surface area contributed by atoms with Crippen molar-refractivity contribution >= 4 is 11.7 Å². The first kappa shape index (κ1) is 16.1. The van der Waals surface area contributed by atoms with Crippen LogP contribution < -0.4 is 15.5 Å². The summed E-state index contributed by atoms with van der Waals surface area (Å²) in [6.45, 7) is 9.99. The standard InChI is InChI=1S/C18H28N4O/c1-14-3-4-17(15(2)13-14)21-9-11-22(12-10-21)18(23)20-16-5-7-19-8-6-16/h3-4,13,16,19H,5-12H2,1-2H3,(H,20,23)/p+1. The van der Waals surface area contributed by atoms with Gasteiger partial charge in [-0.05, 0) is 25.5 Å². The molecule has 0 spiro atoms. The fourth-order valence-corrected chi connectivity index (χ4v) is 3.65. The Labute approximate surface area is 139 Å². The van der Waals surface area contributed by atoms with Gasteiger partial charge >= 0.3 is 6.03 Å². The quantitative estimate of drug-likeness (QED) is 0.850. The van der Waals surface area contributed by atoms with Gasteiger partial charge < -0.3 is 20.4 Å². The lowest BCUT2D eigenvalue weighted by Gasteiger charge is -2.37. The number of rotatable bonds is 2. The Morgan fingerprint density at radius 2 is 1.83 bits per heavy atom. The minimum atomic E-state index is 0.122. The highest BCUT2D eigenvalue weighted by Crippen LogP contribution is 2.22. The van der Waals surface area contributed by atoms with Crippen LogP contribution in [0.4, 0.5) is 10.5 Å². The minimum absolute atomic E-state index is 0.122. The van der Waals surface area contributed by atoms with E-state index >= 15 is 0 Å². The van der Waals surface area contributed by atoms with Crippen LogP contribution in [0.25, 0.3) is 0 Å². The Balaban J connectivity index is 1.52. The number of carbonyl (C=O) groups excluding carboxylic acids is 1. The van der Waals surface area contributed by atoms with Crippen molar-refractivity contribution in [3.63, 3.8) is 0 Å². The van der Waals surface area contributed by atoms with E-state index in [1.54, 1.807) is 0 Å². The second-order valence-electron chi connectivity index (χ2n) is 6.85. The summed E-state index contributed by atoms with van der Waals surface area (Å²) < 4.78 is 0. The fourth-order valence-electron chi connectivity index (χ4n) is 3.65. The molecule has 0 atom stereocenters. The van der Waals surface area contributed by atoms with Gasteiger partial charge in [0.1, 0.15) is 0 Å². The Morgan fingerprint density at radius 1 is 1.13 bits per heavy atom. The van der Waals surface area contributed by atoms with Gasteiger partial charge in [0.2, 0.25) is 0 Å². The Hall–Kier alpha value is -1.75. The van der Waals surface area contributed by atoms with Gasteiger partial charge in [-0.3, -0.25) is 0 Å². The van der Waals surface area contributed by atoms with Crippen molar-refractivity contribution in [1.29, 1.82) is 0 Å². The number of carbonyl (C=O) groups is 1. The van der Waals surface area contributed by atoms with Crippen molar-refractivity contribution in [3.05, 3.63) is 29.3 Å². The van der Waals surface area contributed by atoms with Crippen LogP contribution in [0, 0.1) is 13.8 Å². The van der Waals surface area contributed by atoms with Gasteiger partial charge in [-0.15, -0.1) is 0 Å². The molecule has 0 unspecified atom stereocenters. The lowest BCUT2D eigenvalue weighted by molar-refractivity contribution is -0.663. The molecule has 5 nitrogen and oxygen atoms in total. The number of anilines is 1. The third-order valence-electron chi connectivity index (χ3n) is 5.03. The molecule has 2 aliphatic heterocycles. The molecule has 0 aromatic heterocycles. The van der Waals surface area contributed by atoms with Crippen molar-refractivity contribution in [1.82, 2.24) is 10.2 Å². The van der Waals surface area contributed by atoms with Crippen molar-refractivity contribution in [3.8, 4) is 0 Å². The van der Waals surface area contributed by atoms with E-state index in [1.165, 1.54) is 16.8 Å². The minimum Gasteiger partial charge on any atom is -0.368 e. The second kappa shape index (κ2) is 7.21. The van der Waals surface area contributed by atoms with Gasteiger partial charge in [0.15, 0.2) is 0 Å². The summed E-state index contributed by atoms with van der Waals surface area (Å²) in [5, 5.41) is 5.54. The monoisotopic (exact) mass is 317 g/mol. The number of aryl methyl sites for hydroxylation is 2. The number of urea groups is 1. The number of benzene rings is 1. The number of quaternary nitrogens is 1. The lowest BCUT2D eigenvalue weighted by atomic mass is 10.1. The molecule has 2 heterocycles. The molecule has 1 aromatic carbocycles. The molecule has 2 amide bonds. The van der Waals surface area contributed by atoms with Crippen LogP contribution in [0.5, 0.6) is 0 Å². The molecule has 2 fully saturated rings. The third kappa shape index (κ3) is 3.96. The summed E-state index contributed by atoms with van der Waals surface area (Å²) in [5.74, 6) is 0. The first-order chi connectivity index (χ1) is 11.1. The number of piperidine rings is 1. The smallest absolute Gasteiger partial charge is 0.317 e. The van der Waals surface area contributed by atoms with Crippen LogP contribution in [0.1, 0.15) is 24.0 Å². The van der Waals surface area contributed by atoms with E-state index in [1.807, 2.05) is 4.90 Å². The third-order valence-corrected chi connectivity index (χ3v) is 5.03. The van der Waals surface area contributed by atoms with E-state index < -0.39 is 0 Å². The summed E-state index contributed by atoms with van der Waals surface area (Å²) >= 11 is 0. The topological polar surface area (TPSA) is 52.2 Å². The average molecular weight is 317 g/mol. The highest BCUT2D eigenvalue weighted by Gasteiger charge is 2.25. The number of hydrogen-bond acceptors (Lipinski definition) is 2. The molecule has 0 saturated carbocycles. The van der Waals surface area contributed by atoms with Gasteiger partial charge in [-0.1, -0.05) is 17.7 Å². The summed E-state index contributed by atoms with van der Waals surface area (Å²) in [6, 6.07) is 7.09. The first-order valence-electron chi connectivity index (χ1n) is 8.83. The van der Waals surface area contributed by atoms with E-state index in [9.17, 15) is 4.79 Å². The number of nitrogens with zero attached hydrogens (tertiary/aromatic N) is 2. The molecule has 0 aliphatic carbocycles. The Bertz CT molecular complexity index is 546. The molecule has 3 rings (SSSR count). The predicted octanol–water partition coefficient (Wildman–Crippen LogP) is 0.861. The van der Waals surface area contributed by atoms with Crippen LogP contribution in [0.2, 0.25) is 0 Å². The predicted molar refractivity (Wildman–Crippen MR) is 92.9 cm³/mol. The summed E-state index contributed by atoms with van der Waals surface area (Å²) in [6.07, 6.45) is 2.18. The van der Waals surface area contributed by atoms with E-state index in [0.717, 1.165) is 52.1 Å². The van der Waals surface area contributed by atoms with E-state index in [-0.39, 0.29) is 6.03 Å². The zero-order chi connectivity index (χ0) is 16.2. The van der Waals surface area contributed by atoms with E-state index in [0.29, 0.717) is 6.04 Å². The second-order valence-corrected chi connectivity index (χ2v) is 6.85. The fraction of sp³-hybridized carbons (Fsp3) is 0.611. The molecular weight excluding hydrogens is 288 g/mol. The highest BCUT2D eigenvalue weighted by molar-refractivity contribution is 5.75. The van der Waals surface area contributed by atoms with Gasteiger partial charge in [0.05, 0.1) is 13.1 Å². The molecule has 0 radical (unpaired) electrons. The maximum Gasteiger partial charge on any atom is 0.317 e. The lowest BCUT2D eigenvalue weighted by Crippen LogP contribution is -2.87. The molecule has 2 saturated heterocycles. The molecule has 23 heavy (non-hydrogen) atoms. The molecule has 5 heteroatoms. The van der Waals surface area contributed by atoms with Crippen molar-refractivity contribution in [2.24, 2.45) is 0 Å². The summed E-state index contributed by atoms with van der Waals surface area (Å²) in [5.41, 5.74) is 3.92. The molecule has 0 bridgehead atoms. The van der Waals surface area contributed by atoms with E-state index in [4.69, 9.17) is 0 Å². The normalized spacial score (nSPS) is 19.7.